The maximum Gasteiger partial charge on any atom is 0.343 e. The van der Waals surface area contributed by atoms with Gasteiger partial charge < -0.3 is 14.2 Å². The van der Waals surface area contributed by atoms with Crippen LogP contribution in [-0.4, -0.2) is 25.3 Å². The first-order chi connectivity index (χ1) is 19.4. The molecular formula is C33H35F3O4. The van der Waals surface area contributed by atoms with Crippen LogP contribution in [0.2, 0.25) is 0 Å². The van der Waals surface area contributed by atoms with E-state index in [0.717, 1.165) is 51.2 Å². The van der Waals surface area contributed by atoms with Gasteiger partial charge in [-0.25, -0.2) is 18.0 Å². The maximum atomic E-state index is 15.1. The van der Waals surface area contributed by atoms with Gasteiger partial charge in [0.05, 0.1) is 18.3 Å². The van der Waals surface area contributed by atoms with E-state index in [1.165, 1.54) is 24.3 Å². The molecule has 1 aliphatic rings. The predicted molar refractivity (Wildman–Crippen MR) is 149 cm³/mol. The monoisotopic (exact) mass is 552 g/mol. The molecule has 4 nitrogen and oxygen atoms in total. The molecule has 0 N–H and O–H groups in total. The Kier molecular flexibility index (Phi) is 10.4. The minimum Gasteiger partial charge on any atom is -0.490 e. The molecule has 4 rings (SSSR count). The van der Waals surface area contributed by atoms with E-state index in [-0.39, 0.29) is 41.3 Å². The van der Waals surface area contributed by atoms with Crippen molar-refractivity contribution in [3.05, 3.63) is 95.8 Å². The fourth-order valence-electron chi connectivity index (χ4n) is 4.90. The van der Waals surface area contributed by atoms with Gasteiger partial charge in [0.25, 0.3) is 0 Å². The van der Waals surface area contributed by atoms with E-state index in [2.05, 4.69) is 13.5 Å². The van der Waals surface area contributed by atoms with Crippen LogP contribution in [0, 0.1) is 17.5 Å². The van der Waals surface area contributed by atoms with E-state index in [1.54, 1.807) is 30.3 Å². The van der Waals surface area contributed by atoms with Gasteiger partial charge >= 0.3 is 5.97 Å². The normalized spacial score (nSPS) is 16.9. The molecule has 0 aromatic heterocycles. The van der Waals surface area contributed by atoms with Crippen LogP contribution in [0.25, 0.3) is 11.1 Å². The van der Waals surface area contributed by atoms with Crippen LogP contribution < -0.4 is 9.47 Å². The Hall–Kier alpha value is -3.58. The highest BCUT2D eigenvalue weighted by Gasteiger charge is 2.27. The first kappa shape index (κ1) is 29.4. The smallest absolute Gasteiger partial charge is 0.343 e. The largest absolute Gasteiger partial charge is 0.490 e. The molecule has 0 amide bonds. The van der Waals surface area contributed by atoms with Crippen molar-refractivity contribution in [3.63, 3.8) is 0 Å². The quantitative estimate of drug-likeness (QED) is 0.0975. The van der Waals surface area contributed by atoms with E-state index >= 15 is 8.78 Å². The lowest BCUT2D eigenvalue weighted by molar-refractivity contribution is 0.0230. The van der Waals surface area contributed by atoms with Gasteiger partial charge in [0.1, 0.15) is 5.75 Å². The molecule has 3 aromatic rings. The van der Waals surface area contributed by atoms with Gasteiger partial charge in [-0.15, -0.1) is 6.58 Å². The van der Waals surface area contributed by atoms with Crippen molar-refractivity contribution >= 4 is 5.97 Å². The summed E-state index contributed by atoms with van der Waals surface area (Å²) in [7, 11) is 0. The molecule has 212 valence electrons. The molecule has 0 bridgehead atoms. The molecule has 40 heavy (non-hydrogen) atoms. The molecule has 3 aromatic carbocycles. The van der Waals surface area contributed by atoms with Crippen molar-refractivity contribution in [2.75, 3.05) is 13.2 Å². The van der Waals surface area contributed by atoms with Crippen molar-refractivity contribution in [1.82, 2.24) is 0 Å². The van der Waals surface area contributed by atoms with Gasteiger partial charge in [0.15, 0.2) is 23.2 Å². The maximum absolute atomic E-state index is 15.1. The molecule has 1 aliphatic carbocycles. The van der Waals surface area contributed by atoms with Crippen molar-refractivity contribution in [1.29, 1.82) is 0 Å². The van der Waals surface area contributed by atoms with E-state index in [0.29, 0.717) is 17.5 Å². The van der Waals surface area contributed by atoms with Crippen molar-refractivity contribution in [3.8, 4) is 22.6 Å². The third-order valence-corrected chi connectivity index (χ3v) is 7.20. The van der Waals surface area contributed by atoms with E-state index in [1.807, 2.05) is 0 Å². The Morgan fingerprint density at radius 2 is 1.70 bits per heavy atom. The Morgan fingerprint density at radius 3 is 2.38 bits per heavy atom. The molecule has 1 fully saturated rings. The van der Waals surface area contributed by atoms with Crippen molar-refractivity contribution < 1.29 is 32.2 Å². The van der Waals surface area contributed by atoms with Crippen molar-refractivity contribution in [2.45, 2.75) is 63.9 Å². The minimum atomic E-state index is -0.894. The average Bonchev–Trinajstić information content (AvgIpc) is 2.96. The van der Waals surface area contributed by atoms with E-state index in [9.17, 15) is 9.18 Å². The Morgan fingerprint density at radius 1 is 0.950 bits per heavy atom. The lowest BCUT2D eigenvalue weighted by Crippen LogP contribution is -2.22. The van der Waals surface area contributed by atoms with Crippen LogP contribution in [0.3, 0.4) is 0 Å². The van der Waals surface area contributed by atoms with Crippen molar-refractivity contribution in [2.24, 2.45) is 0 Å². The van der Waals surface area contributed by atoms with Gasteiger partial charge in [0, 0.05) is 12.2 Å². The molecule has 1 saturated carbocycles. The van der Waals surface area contributed by atoms with Gasteiger partial charge in [0.2, 0.25) is 0 Å². The summed E-state index contributed by atoms with van der Waals surface area (Å²) in [5.41, 5.74) is 0.999. The van der Waals surface area contributed by atoms with Gasteiger partial charge in [-0.2, -0.15) is 0 Å². The number of carbonyl (C=O) groups excluding carboxylic acids is 1. The SMILES string of the molecule is C=CCCOc1ccc(C(=O)Oc2ccc(-c3ccc(C4CCC(OCCCC)CC4)c(F)c3F)cc2)cc1F. The Balaban J connectivity index is 1.38. The molecule has 0 atom stereocenters. The number of ether oxygens (including phenoxy) is 3. The fourth-order valence-corrected chi connectivity index (χ4v) is 4.90. The Labute approximate surface area is 233 Å². The zero-order valence-electron chi connectivity index (χ0n) is 22.8. The lowest BCUT2D eigenvalue weighted by atomic mass is 9.82. The lowest BCUT2D eigenvalue weighted by Gasteiger charge is -2.29. The third-order valence-electron chi connectivity index (χ3n) is 7.20. The zero-order chi connectivity index (χ0) is 28.5. The summed E-state index contributed by atoms with van der Waals surface area (Å²) in [5, 5.41) is 0. The number of rotatable bonds is 12. The number of esters is 1. The van der Waals surface area contributed by atoms with Crippen LogP contribution in [0.5, 0.6) is 11.5 Å². The number of halogens is 3. The van der Waals surface area contributed by atoms with Crippen LogP contribution in [-0.2, 0) is 4.74 Å². The number of benzene rings is 3. The second kappa shape index (κ2) is 14.2. The fraction of sp³-hybridized carbons (Fsp3) is 0.364. The summed E-state index contributed by atoms with van der Waals surface area (Å²) in [6.45, 7) is 6.73. The molecule has 0 radical (unpaired) electrons. The number of hydrogen-bond donors (Lipinski definition) is 0. The highest BCUT2D eigenvalue weighted by atomic mass is 19.2. The summed E-state index contributed by atoms with van der Waals surface area (Å²) in [6.07, 6.45) is 7.76. The van der Waals surface area contributed by atoms with E-state index in [4.69, 9.17) is 14.2 Å². The second-order valence-corrected chi connectivity index (χ2v) is 10.0. The van der Waals surface area contributed by atoms with E-state index < -0.39 is 23.4 Å². The highest BCUT2D eigenvalue weighted by molar-refractivity contribution is 5.91. The standard InChI is InChI=1S/C33H35F3O4/c1-3-5-19-38-25-12-7-22(8-13-25)27-16-17-28(32(36)31(27)35)23-9-14-26(15-10-23)40-33(37)24-11-18-30(29(34)21-24)39-20-6-4-2/h4,9-11,14-18,21-22,25H,2-3,5-8,12-13,19-20H2,1H3. The summed E-state index contributed by atoms with van der Waals surface area (Å²) in [4.78, 5) is 12.5. The Bertz CT molecular complexity index is 1300. The van der Waals surface area contributed by atoms with Gasteiger partial charge in [-0.05, 0) is 85.9 Å². The molecule has 0 heterocycles. The number of unbranched alkanes of at least 4 members (excludes halogenated alkanes) is 1. The van der Waals surface area contributed by atoms with Crippen LogP contribution in [0.4, 0.5) is 13.2 Å². The number of carbonyl (C=O) groups is 1. The van der Waals surface area contributed by atoms with Crippen LogP contribution >= 0.6 is 0 Å². The van der Waals surface area contributed by atoms with Gasteiger partial charge in [-0.1, -0.05) is 43.7 Å². The molecule has 0 aliphatic heterocycles. The minimum absolute atomic E-state index is 0.0166. The van der Waals surface area contributed by atoms with Gasteiger partial charge in [-0.3, -0.25) is 0 Å². The first-order valence-electron chi connectivity index (χ1n) is 13.9. The first-order valence-corrected chi connectivity index (χ1v) is 13.9. The summed E-state index contributed by atoms with van der Waals surface area (Å²) >= 11 is 0. The summed E-state index contributed by atoms with van der Waals surface area (Å²) in [5.74, 6) is -2.95. The molecule has 0 saturated heterocycles. The van der Waals surface area contributed by atoms with Crippen LogP contribution in [0.1, 0.15) is 73.7 Å². The molecule has 0 unspecified atom stereocenters. The summed E-state index contributed by atoms with van der Waals surface area (Å²) in [6, 6.07) is 13.2. The summed E-state index contributed by atoms with van der Waals surface area (Å²) < 4.78 is 61.1. The van der Waals surface area contributed by atoms with Crippen LogP contribution in [0.15, 0.2) is 67.3 Å². The molecular weight excluding hydrogens is 517 g/mol. The third kappa shape index (κ3) is 7.33. The predicted octanol–water partition coefficient (Wildman–Crippen LogP) is 8.79. The highest BCUT2D eigenvalue weighted by Crippen LogP contribution is 2.38. The molecule has 0 spiro atoms. The average molecular weight is 553 g/mol. The topological polar surface area (TPSA) is 44.8 Å². The number of hydrogen-bond acceptors (Lipinski definition) is 4. The zero-order valence-corrected chi connectivity index (χ0v) is 22.8. The molecule has 7 heteroatoms. The second-order valence-electron chi connectivity index (χ2n) is 10.0.